The van der Waals surface area contributed by atoms with Crippen molar-refractivity contribution in [1.82, 2.24) is 5.32 Å². The molecular formula is C14H18F3NO3. The molecule has 0 aromatic heterocycles. The SMILES string of the molecule is CCCNC(C)(CC(=O)O)c1ccc(OC(F)(F)F)cc1. The van der Waals surface area contributed by atoms with Crippen LogP contribution in [-0.2, 0) is 10.3 Å². The van der Waals surface area contributed by atoms with E-state index in [1.54, 1.807) is 6.92 Å². The molecule has 0 fully saturated rings. The van der Waals surface area contributed by atoms with E-state index in [1.165, 1.54) is 24.3 Å². The summed E-state index contributed by atoms with van der Waals surface area (Å²) in [7, 11) is 0. The molecule has 0 heterocycles. The molecule has 0 radical (unpaired) electrons. The van der Waals surface area contributed by atoms with E-state index < -0.39 is 17.9 Å². The molecular weight excluding hydrogens is 287 g/mol. The Balaban J connectivity index is 2.95. The number of ether oxygens (including phenoxy) is 1. The lowest BCUT2D eigenvalue weighted by atomic mass is 9.88. The maximum absolute atomic E-state index is 12.1. The van der Waals surface area contributed by atoms with Gasteiger partial charge in [0, 0.05) is 0 Å². The first-order valence-corrected chi connectivity index (χ1v) is 6.49. The third-order valence-corrected chi connectivity index (χ3v) is 2.99. The Morgan fingerprint density at radius 1 is 1.29 bits per heavy atom. The summed E-state index contributed by atoms with van der Waals surface area (Å²) < 4.78 is 40.1. The highest BCUT2D eigenvalue weighted by Crippen LogP contribution is 2.28. The highest BCUT2D eigenvalue weighted by molar-refractivity contribution is 5.68. The Labute approximate surface area is 120 Å². The Morgan fingerprint density at radius 3 is 2.29 bits per heavy atom. The zero-order valence-corrected chi connectivity index (χ0v) is 11.8. The number of rotatable bonds is 7. The number of alkyl halides is 3. The van der Waals surface area contributed by atoms with E-state index in [0.29, 0.717) is 12.1 Å². The Morgan fingerprint density at radius 2 is 1.86 bits per heavy atom. The number of benzene rings is 1. The summed E-state index contributed by atoms with van der Waals surface area (Å²) in [5.74, 6) is -1.32. The van der Waals surface area contributed by atoms with Crippen molar-refractivity contribution in [2.75, 3.05) is 6.54 Å². The summed E-state index contributed by atoms with van der Waals surface area (Å²) in [5, 5.41) is 12.1. The maximum Gasteiger partial charge on any atom is 0.573 e. The number of carbonyl (C=O) groups is 1. The monoisotopic (exact) mass is 305 g/mol. The molecule has 0 bridgehead atoms. The van der Waals surface area contributed by atoms with E-state index in [-0.39, 0.29) is 12.2 Å². The third kappa shape index (κ3) is 5.63. The molecule has 7 heteroatoms. The fourth-order valence-corrected chi connectivity index (χ4v) is 1.99. The molecule has 1 aromatic rings. The zero-order valence-electron chi connectivity index (χ0n) is 11.8. The Hall–Kier alpha value is -1.76. The van der Waals surface area contributed by atoms with Gasteiger partial charge in [0.2, 0.25) is 0 Å². The average molecular weight is 305 g/mol. The summed E-state index contributed by atoms with van der Waals surface area (Å²) in [5.41, 5.74) is -0.258. The lowest BCUT2D eigenvalue weighted by molar-refractivity contribution is -0.274. The summed E-state index contributed by atoms with van der Waals surface area (Å²) >= 11 is 0. The molecule has 0 saturated heterocycles. The van der Waals surface area contributed by atoms with Crippen LogP contribution >= 0.6 is 0 Å². The van der Waals surface area contributed by atoms with Gasteiger partial charge in [0.25, 0.3) is 0 Å². The van der Waals surface area contributed by atoms with Gasteiger partial charge >= 0.3 is 12.3 Å². The van der Waals surface area contributed by atoms with E-state index in [9.17, 15) is 18.0 Å². The van der Waals surface area contributed by atoms with Crippen LogP contribution < -0.4 is 10.1 Å². The van der Waals surface area contributed by atoms with Crippen molar-refractivity contribution < 1.29 is 27.8 Å². The molecule has 0 aliphatic carbocycles. The van der Waals surface area contributed by atoms with Crippen molar-refractivity contribution in [2.24, 2.45) is 0 Å². The van der Waals surface area contributed by atoms with Crippen molar-refractivity contribution in [2.45, 2.75) is 38.6 Å². The standard InChI is InChI=1S/C14H18F3NO3/c1-3-8-18-13(2,9-12(19)20)10-4-6-11(7-5-10)21-14(15,16)17/h4-7,18H,3,8-9H2,1-2H3,(H,19,20). The number of aliphatic carboxylic acids is 1. The van der Waals surface area contributed by atoms with Crippen LogP contribution in [0.2, 0.25) is 0 Å². The molecule has 0 aliphatic heterocycles. The summed E-state index contributed by atoms with van der Waals surface area (Å²) in [4.78, 5) is 11.0. The third-order valence-electron chi connectivity index (χ3n) is 2.99. The molecule has 1 rings (SSSR count). The van der Waals surface area contributed by atoms with Crippen molar-refractivity contribution in [1.29, 1.82) is 0 Å². The van der Waals surface area contributed by atoms with Crippen LogP contribution in [-0.4, -0.2) is 24.0 Å². The number of carboxylic acid groups (broad SMARTS) is 1. The van der Waals surface area contributed by atoms with Gasteiger partial charge < -0.3 is 15.2 Å². The number of carboxylic acids is 1. The summed E-state index contributed by atoms with van der Waals surface area (Å²) in [6.07, 6.45) is -4.11. The van der Waals surface area contributed by atoms with Crippen LogP contribution in [0.4, 0.5) is 13.2 Å². The van der Waals surface area contributed by atoms with Crippen LogP contribution in [0.25, 0.3) is 0 Å². The molecule has 21 heavy (non-hydrogen) atoms. The Kier molecular flexibility index (Phi) is 5.60. The van der Waals surface area contributed by atoms with Gasteiger partial charge in [0.05, 0.1) is 12.0 Å². The molecule has 0 saturated carbocycles. The summed E-state index contributed by atoms with van der Waals surface area (Å²) in [6, 6.07) is 5.23. The van der Waals surface area contributed by atoms with Crippen molar-refractivity contribution >= 4 is 5.97 Å². The zero-order chi connectivity index (χ0) is 16.1. The van der Waals surface area contributed by atoms with Gasteiger partial charge in [-0.25, -0.2) is 0 Å². The first kappa shape index (κ1) is 17.3. The van der Waals surface area contributed by atoms with Crippen LogP contribution in [0.1, 0.15) is 32.3 Å². The topological polar surface area (TPSA) is 58.6 Å². The normalized spacial score (nSPS) is 14.5. The molecule has 118 valence electrons. The second-order valence-electron chi connectivity index (χ2n) is 4.90. The van der Waals surface area contributed by atoms with Gasteiger partial charge in [-0.1, -0.05) is 19.1 Å². The second kappa shape index (κ2) is 6.80. The average Bonchev–Trinajstić information content (AvgIpc) is 2.34. The lowest BCUT2D eigenvalue weighted by Gasteiger charge is -2.30. The number of hydrogen-bond acceptors (Lipinski definition) is 3. The predicted molar refractivity (Wildman–Crippen MR) is 71.0 cm³/mol. The van der Waals surface area contributed by atoms with Crippen molar-refractivity contribution in [3.05, 3.63) is 29.8 Å². The maximum atomic E-state index is 12.1. The van der Waals surface area contributed by atoms with Gasteiger partial charge in [-0.15, -0.1) is 13.2 Å². The van der Waals surface area contributed by atoms with Crippen LogP contribution in [0, 0.1) is 0 Å². The highest BCUT2D eigenvalue weighted by Gasteiger charge is 2.32. The molecule has 0 aliphatic rings. The first-order valence-electron chi connectivity index (χ1n) is 6.49. The fourth-order valence-electron chi connectivity index (χ4n) is 1.99. The highest BCUT2D eigenvalue weighted by atomic mass is 19.4. The van der Waals surface area contributed by atoms with Crippen LogP contribution in [0.15, 0.2) is 24.3 Å². The van der Waals surface area contributed by atoms with E-state index in [1.807, 2.05) is 6.92 Å². The van der Waals surface area contributed by atoms with E-state index in [4.69, 9.17) is 5.11 Å². The molecule has 2 N–H and O–H groups in total. The number of halogens is 3. The van der Waals surface area contributed by atoms with E-state index in [0.717, 1.165) is 6.42 Å². The number of hydrogen-bond donors (Lipinski definition) is 2. The number of nitrogens with one attached hydrogen (secondary N) is 1. The van der Waals surface area contributed by atoms with E-state index in [2.05, 4.69) is 10.1 Å². The minimum Gasteiger partial charge on any atom is -0.481 e. The first-order chi connectivity index (χ1) is 9.66. The molecule has 0 spiro atoms. The fraction of sp³-hybridized carbons (Fsp3) is 0.500. The minimum absolute atomic E-state index is 0.174. The minimum atomic E-state index is -4.74. The van der Waals surface area contributed by atoms with Crippen LogP contribution in [0.3, 0.4) is 0 Å². The van der Waals surface area contributed by atoms with Gasteiger partial charge in [-0.2, -0.15) is 0 Å². The van der Waals surface area contributed by atoms with Gasteiger partial charge in [0.1, 0.15) is 5.75 Å². The van der Waals surface area contributed by atoms with Crippen molar-refractivity contribution in [3.8, 4) is 5.75 Å². The Bertz CT molecular complexity index is 473. The quantitative estimate of drug-likeness (QED) is 0.811. The molecule has 1 aromatic carbocycles. The van der Waals surface area contributed by atoms with Gasteiger partial charge in [-0.3, -0.25) is 4.79 Å². The van der Waals surface area contributed by atoms with Crippen LogP contribution in [0.5, 0.6) is 5.75 Å². The van der Waals surface area contributed by atoms with Gasteiger partial charge in [0.15, 0.2) is 0 Å². The predicted octanol–water partition coefficient (Wildman–Crippen LogP) is 3.27. The molecule has 1 atom stereocenters. The second-order valence-corrected chi connectivity index (χ2v) is 4.90. The van der Waals surface area contributed by atoms with Gasteiger partial charge in [-0.05, 0) is 37.6 Å². The molecule has 1 unspecified atom stereocenters. The lowest BCUT2D eigenvalue weighted by Crippen LogP contribution is -2.41. The van der Waals surface area contributed by atoms with E-state index >= 15 is 0 Å². The largest absolute Gasteiger partial charge is 0.573 e. The molecule has 0 amide bonds. The summed E-state index contributed by atoms with van der Waals surface area (Å²) in [6.45, 7) is 4.25. The van der Waals surface area contributed by atoms with Crippen molar-refractivity contribution in [3.63, 3.8) is 0 Å². The molecule has 4 nitrogen and oxygen atoms in total. The smallest absolute Gasteiger partial charge is 0.481 e.